The first-order valence-electron chi connectivity index (χ1n) is 10.2. The van der Waals surface area contributed by atoms with Gasteiger partial charge < -0.3 is 20.1 Å². The lowest BCUT2D eigenvalue weighted by atomic mass is 9.78. The average molecular weight is 558 g/mol. The zero-order valence-corrected chi connectivity index (χ0v) is 21.1. The van der Waals surface area contributed by atoms with Crippen molar-refractivity contribution in [2.75, 3.05) is 25.3 Å². The lowest BCUT2D eigenvalue weighted by molar-refractivity contribution is -0.150. The van der Waals surface area contributed by atoms with Crippen LogP contribution < -0.4 is 10.6 Å². The van der Waals surface area contributed by atoms with Crippen molar-refractivity contribution in [3.05, 3.63) is 74.7 Å². The fourth-order valence-electron chi connectivity index (χ4n) is 3.49. The molecule has 2 atom stereocenters. The minimum atomic E-state index is -1.32. The quantitative estimate of drug-likeness (QED) is 0.391. The van der Waals surface area contributed by atoms with Crippen LogP contribution in [-0.4, -0.2) is 43.7 Å². The molecular formula is C24H20BrN3O6S. The monoisotopic (exact) mass is 557 g/mol. The first-order chi connectivity index (χ1) is 16.8. The van der Waals surface area contributed by atoms with Crippen molar-refractivity contribution in [3.63, 3.8) is 0 Å². The number of ether oxygens (including phenoxy) is 2. The van der Waals surface area contributed by atoms with E-state index in [1.54, 1.807) is 36.4 Å². The summed E-state index contributed by atoms with van der Waals surface area (Å²) < 4.78 is 10.4. The largest absolute Gasteiger partial charge is 0.468 e. The number of allylic oxidation sites excluding steroid dienone is 1. The van der Waals surface area contributed by atoms with Gasteiger partial charge in [-0.2, -0.15) is 5.26 Å². The summed E-state index contributed by atoms with van der Waals surface area (Å²) >= 11 is 4.30. The second-order valence-corrected chi connectivity index (χ2v) is 9.18. The maximum Gasteiger partial charge on any atom is 0.337 e. The van der Waals surface area contributed by atoms with Gasteiger partial charge in [-0.1, -0.05) is 39.8 Å². The number of nitriles is 1. The standard InChI is InChI=1S/C24H20BrN3O6S/c1-33-23(31)14-5-3-13(4-6-14)19-17(11-26)22(28-21(30)20(19)24(32)34-2)35-12-18(29)27-16-9-7-15(25)8-10-16/h3-10,19-20H,12H2,1-2H3,(H,27,29)(H,28,30)/t19-,20+/m0/s1. The average Bonchev–Trinajstić information content (AvgIpc) is 2.87. The zero-order chi connectivity index (χ0) is 25.5. The molecule has 0 saturated heterocycles. The highest BCUT2D eigenvalue weighted by molar-refractivity contribution is 9.10. The van der Waals surface area contributed by atoms with E-state index >= 15 is 0 Å². The molecule has 1 heterocycles. The summed E-state index contributed by atoms with van der Waals surface area (Å²) in [5, 5.41) is 15.4. The highest BCUT2D eigenvalue weighted by Crippen LogP contribution is 2.40. The van der Waals surface area contributed by atoms with Crippen molar-refractivity contribution in [1.82, 2.24) is 5.32 Å². The predicted octanol–water partition coefficient (Wildman–Crippen LogP) is 3.35. The molecule has 0 aliphatic carbocycles. The Morgan fingerprint density at radius 1 is 1.09 bits per heavy atom. The third-order valence-electron chi connectivity index (χ3n) is 5.15. The third kappa shape index (κ3) is 6.09. The number of nitrogens with one attached hydrogen (secondary N) is 2. The molecule has 11 heteroatoms. The normalized spacial score (nSPS) is 17.1. The molecule has 0 radical (unpaired) electrons. The number of carbonyl (C=O) groups excluding carboxylic acids is 4. The summed E-state index contributed by atoms with van der Waals surface area (Å²) in [7, 11) is 2.40. The van der Waals surface area contributed by atoms with E-state index < -0.39 is 29.7 Å². The van der Waals surface area contributed by atoms with Crippen LogP contribution in [0.25, 0.3) is 0 Å². The molecule has 35 heavy (non-hydrogen) atoms. The fraction of sp³-hybridized carbons (Fsp3) is 0.208. The number of hydrogen-bond acceptors (Lipinski definition) is 8. The van der Waals surface area contributed by atoms with E-state index in [4.69, 9.17) is 9.47 Å². The first kappa shape index (κ1) is 26.0. The molecule has 0 spiro atoms. The van der Waals surface area contributed by atoms with E-state index in [9.17, 15) is 24.4 Å². The molecule has 0 unspecified atom stereocenters. The molecule has 180 valence electrons. The van der Waals surface area contributed by atoms with Crippen molar-refractivity contribution < 1.29 is 28.7 Å². The van der Waals surface area contributed by atoms with Gasteiger partial charge in [-0.15, -0.1) is 0 Å². The van der Waals surface area contributed by atoms with Crippen molar-refractivity contribution in [3.8, 4) is 6.07 Å². The lowest BCUT2D eigenvalue weighted by Gasteiger charge is -2.31. The number of rotatable bonds is 7. The Kier molecular flexibility index (Phi) is 8.68. The zero-order valence-electron chi connectivity index (χ0n) is 18.7. The van der Waals surface area contributed by atoms with Gasteiger partial charge in [0.15, 0.2) is 0 Å². The molecule has 9 nitrogen and oxygen atoms in total. The smallest absolute Gasteiger partial charge is 0.337 e. The number of anilines is 1. The van der Waals surface area contributed by atoms with Crippen LogP contribution in [0.2, 0.25) is 0 Å². The third-order valence-corrected chi connectivity index (χ3v) is 6.70. The minimum Gasteiger partial charge on any atom is -0.468 e. The second kappa shape index (κ2) is 11.7. The van der Waals surface area contributed by atoms with Crippen molar-refractivity contribution in [2.24, 2.45) is 5.92 Å². The Hall–Kier alpha value is -3.62. The summed E-state index contributed by atoms with van der Waals surface area (Å²) in [4.78, 5) is 49.6. The minimum absolute atomic E-state index is 0.0895. The van der Waals surface area contributed by atoms with Crippen LogP contribution in [0.5, 0.6) is 0 Å². The summed E-state index contributed by atoms with van der Waals surface area (Å²) in [6.07, 6.45) is 0. The number of amides is 2. The molecule has 1 aliphatic heterocycles. The van der Waals surface area contributed by atoms with Crippen LogP contribution in [0, 0.1) is 17.2 Å². The number of thioether (sulfide) groups is 1. The van der Waals surface area contributed by atoms with Crippen LogP contribution in [0.1, 0.15) is 21.8 Å². The van der Waals surface area contributed by atoms with E-state index in [0.29, 0.717) is 11.3 Å². The topological polar surface area (TPSA) is 135 Å². The van der Waals surface area contributed by atoms with Gasteiger partial charge in [0.05, 0.1) is 42.2 Å². The van der Waals surface area contributed by atoms with Crippen LogP contribution in [-0.2, 0) is 23.9 Å². The Bertz CT molecular complexity index is 1220. The lowest BCUT2D eigenvalue weighted by Crippen LogP contribution is -2.44. The molecule has 2 N–H and O–H groups in total. The van der Waals surface area contributed by atoms with Crippen LogP contribution in [0.3, 0.4) is 0 Å². The molecule has 0 bridgehead atoms. The number of esters is 2. The van der Waals surface area contributed by atoms with Gasteiger partial charge in [0, 0.05) is 16.1 Å². The summed E-state index contributed by atoms with van der Waals surface area (Å²) in [5.74, 6) is -4.74. The Labute approximate surface area is 214 Å². The van der Waals surface area contributed by atoms with E-state index in [-0.39, 0.29) is 27.8 Å². The SMILES string of the molecule is COC(=O)c1ccc([C@H]2C(C#N)=C(SCC(=O)Nc3ccc(Br)cc3)NC(=O)[C@@H]2C(=O)OC)cc1. The van der Waals surface area contributed by atoms with Crippen molar-refractivity contribution in [1.29, 1.82) is 5.26 Å². The number of carbonyl (C=O) groups is 4. The van der Waals surface area contributed by atoms with Gasteiger partial charge in [0.2, 0.25) is 11.8 Å². The molecule has 0 aromatic heterocycles. The second-order valence-electron chi connectivity index (χ2n) is 7.28. The Balaban J connectivity index is 1.90. The first-order valence-corrected chi connectivity index (χ1v) is 12.0. The van der Waals surface area contributed by atoms with Gasteiger partial charge in [0.25, 0.3) is 0 Å². The molecule has 2 amide bonds. The predicted molar refractivity (Wildman–Crippen MR) is 132 cm³/mol. The molecule has 2 aromatic carbocycles. The molecule has 0 saturated carbocycles. The van der Waals surface area contributed by atoms with Crippen LogP contribution >= 0.6 is 27.7 Å². The number of nitrogens with zero attached hydrogens (tertiary/aromatic N) is 1. The van der Waals surface area contributed by atoms with Crippen molar-refractivity contribution >= 4 is 57.1 Å². The fourth-order valence-corrected chi connectivity index (χ4v) is 4.60. The Morgan fingerprint density at radius 3 is 2.31 bits per heavy atom. The molecule has 3 rings (SSSR count). The van der Waals surface area contributed by atoms with Gasteiger partial charge >= 0.3 is 11.9 Å². The highest BCUT2D eigenvalue weighted by Gasteiger charge is 2.44. The number of benzene rings is 2. The van der Waals surface area contributed by atoms with Crippen LogP contribution in [0.15, 0.2) is 63.6 Å². The summed E-state index contributed by atoms with van der Waals surface area (Å²) in [6.45, 7) is 0. The summed E-state index contributed by atoms with van der Waals surface area (Å²) in [6, 6.07) is 15.1. The molecule has 1 aliphatic rings. The maximum atomic E-state index is 12.9. The van der Waals surface area contributed by atoms with Gasteiger partial charge in [-0.3, -0.25) is 14.4 Å². The maximum absolute atomic E-state index is 12.9. The van der Waals surface area contributed by atoms with E-state index in [0.717, 1.165) is 23.3 Å². The molecular weight excluding hydrogens is 538 g/mol. The Morgan fingerprint density at radius 2 is 1.74 bits per heavy atom. The van der Waals surface area contributed by atoms with Gasteiger partial charge in [-0.25, -0.2) is 4.79 Å². The highest BCUT2D eigenvalue weighted by atomic mass is 79.9. The van der Waals surface area contributed by atoms with E-state index in [1.807, 2.05) is 0 Å². The summed E-state index contributed by atoms with van der Waals surface area (Å²) in [5.41, 5.74) is 1.42. The van der Waals surface area contributed by atoms with Gasteiger partial charge in [-0.05, 0) is 42.0 Å². The molecule has 0 fully saturated rings. The van der Waals surface area contributed by atoms with E-state index in [2.05, 4.69) is 32.6 Å². The van der Waals surface area contributed by atoms with Crippen LogP contribution in [0.4, 0.5) is 5.69 Å². The van der Waals surface area contributed by atoms with Gasteiger partial charge in [0.1, 0.15) is 5.92 Å². The number of hydrogen-bond donors (Lipinski definition) is 2. The molecule has 2 aromatic rings. The number of halogens is 1. The number of methoxy groups -OCH3 is 2. The van der Waals surface area contributed by atoms with Crippen molar-refractivity contribution in [2.45, 2.75) is 5.92 Å². The van der Waals surface area contributed by atoms with E-state index in [1.165, 1.54) is 19.2 Å².